The standard InChI is InChI=1S/C18H28N2O3S/c1-12-10-14(3)17(11-13(12)2)15(4)19-18(21)16-6-8-20(9-7-16)24(5,22)23/h10-11,15-16H,6-9H2,1-5H3,(H,19,21)/t15-/m0/s1. The second-order valence-electron chi connectivity index (χ2n) is 6.96. The number of amides is 1. The average molecular weight is 353 g/mol. The van der Waals surface area contributed by atoms with Crippen LogP contribution in [0, 0.1) is 26.7 Å². The highest BCUT2D eigenvalue weighted by Crippen LogP contribution is 2.24. The van der Waals surface area contributed by atoms with Crippen LogP contribution in [0.25, 0.3) is 0 Å². The van der Waals surface area contributed by atoms with Crippen LogP contribution in [0.3, 0.4) is 0 Å². The lowest BCUT2D eigenvalue weighted by molar-refractivity contribution is -0.126. The normalized spacial score (nSPS) is 18.4. The van der Waals surface area contributed by atoms with Crippen LogP contribution >= 0.6 is 0 Å². The zero-order valence-electron chi connectivity index (χ0n) is 15.2. The van der Waals surface area contributed by atoms with E-state index in [4.69, 9.17) is 0 Å². The highest BCUT2D eigenvalue weighted by atomic mass is 32.2. The van der Waals surface area contributed by atoms with Crippen molar-refractivity contribution in [3.05, 3.63) is 34.4 Å². The first-order chi connectivity index (χ1) is 11.1. The van der Waals surface area contributed by atoms with Gasteiger partial charge in [-0.05, 0) is 62.8 Å². The van der Waals surface area contributed by atoms with Gasteiger partial charge in [0.25, 0.3) is 0 Å². The molecule has 1 N–H and O–H groups in total. The van der Waals surface area contributed by atoms with Crippen LogP contribution in [-0.2, 0) is 14.8 Å². The van der Waals surface area contributed by atoms with Gasteiger partial charge in [-0.3, -0.25) is 4.79 Å². The van der Waals surface area contributed by atoms with Gasteiger partial charge in [-0.25, -0.2) is 12.7 Å². The molecule has 24 heavy (non-hydrogen) atoms. The predicted molar refractivity (Wildman–Crippen MR) is 96.4 cm³/mol. The van der Waals surface area contributed by atoms with Crippen molar-refractivity contribution in [2.75, 3.05) is 19.3 Å². The summed E-state index contributed by atoms with van der Waals surface area (Å²) in [7, 11) is -3.15. The molecule has 1 atom stereocenters. The first-order valence-corrected chi connectivity index (χ1v) is 10.3. The SMILES string of the molecule is Cc1cc(C)c([C@H](C)NC(=O)C2CCN(S(C)(=O)=O)CC2)cc1C. The molecule has 6 heteroatoms. The maximum Gasteiger partial charge on any atom is 0.223 e. The number of rotatable bonds is 4. The average Bonchev–Trinajstić information content (AvgIpc) is 2.50. The molecule has 5 nitrogen and oxygen atoms in total. The van der Waals surface area contributed by atoms with E-state index in [-0.39, 0.29) is 17.9 Å². The van der Waals surface area contributed by atoms with Crippen LogP contribution in [0.4, 0.5) is 0 Å². The molecule has 1 aliphatic rings. The van der Waals surface area contributed by atoms with Gasteiger partial charge in [0, 0.05) is 19.0 Å². The molecule has 2 rings (SSSR count). The van der Waals surface area contributed by atoms with Gasteiger partial charge in [0.15, 0.2) is 0 Å². The van der Waals surface area contributed by atoms with E-state index in [0.29, 0.717) is 25.9 Å². The maximum atomic E-state index is 12.5. The first-order valence-electron chi connectivity index (χ1n) is 8.43. The molecule has 1 aliphatic heterocycles. The van der Waals surface area contributed by atoms with E-state index >= 15 is 0 Å². The van der Waals surface area contributed by atoms with Crippen molar-refractivity contribution in [2.24, 2.45) is 5.92 Å². The lowest BCUT2D eigenvalue weighted by atomic mass is 9.94. The smallest absolute Gasteiger partial charge is 0.223 e. The molecule has 0 aliphatic carbocycles. The van der Waals surface area contributed by atoms with Gasteiger partial charge in [-0.2, -0.15) is 0 Å². The molecular formula is C18H28N2O3S. The van der Waals surface area contributed by atoms with E-state index in [1.165, 1.54) is 27.3 Å². The van der Waals surface area contributed by atoms with E-state index in [9.17, 15) is 13.2 Å². The van der Waals surface area contributed by atoms with E-state index < -0.39 is 10.0 Å². The van der Waals surface area contributed by atoms with Crippen molar-refractivity contribution in [3.8, 4) is 0 Å². The molecule has 1 amide bonds. The molecule has 1 aromatic carbocycles. The number of hydrogen-bond donors (Lipinski definition) is 1. The molecule has 0 bridgehead atoms. The topological polar surface area (TPSA) is 66.5 Å². The minimum atomic E-state index is -3.15. The third kappa shape index (κ3) is 4.36. The molecule has 1 fully saturated rings. The van der Waals surface area contributed by atoms with Crippen LogP contribution in [0.2, 0.25) is 0 Å². The number of sulfonamides is 1. The number of nitrogens with one attached hydrogen (secondary N) is 1. The van der Waals surface area contributed by atoms with Crippen LogP contribution in [0.5, 0.6) is 0 Å². The number of piperidine rings is 1. The van der Waals surface area contributed by atoms with Crippen LogP contribution in [0.1, 0.15) is 48.1 Å². The van der Waals surface area contributed by atoms with Crippen molar-refractivity contribution >= 4 is 15.9 Å². The Kier molecular flexibility index (Phi) is 5.71. The molecule has 0 radical (unpaired) electrons. The zero-order valence-corrected chi connectivity index (χ0v) is 16.0. The Balaban J connectivity index is 1.99. The van der Waals surface area contributed by atoms with E-state index in [1.807, 2.05) is 6.92 Å². The number of carbonyl (C=O) groups excluding carboxylic acids is 1. The molecule has 134 valence electrons. The third-order valence-corrected chi connectivity index (χ3v) is 6.30. The largest absolute Gasteiger partial charge is 0.349 e. The van der Waals surface area contributed by atoms with Gasteiger partial charge in [0.1, 0.15) is 0 Å². The number of hydrogen-bond acceptors (Lipinski definition) is 3. The fourth-order valence-electron chi connectivity index (χ4n) is 3.31. The molecule has 1 aromatic rings. The predicted octanol–water partition coefficient (Wildman–Crippen LogP) is 2.46. The van der Waals surface area contributed by atoms with Gasteiger partial charge in [0.2, 0.25) is 15.9 Å². The van der Waals surface area contributed by atoms with Crippen molar-refractivity contribution in [1.29, 1.82) is 0 Å². The number of aryl methyl sites for hydroxylation is 3. The van der Waals surface area contributed by atoms with Crippen LogP contribution in [0.15, 0.2) is 12.1 Å². The van der Waals surface area contributed by atoms with Gasteiger partial charge < -0.3 is 5.32 Å². The monoisotopic (exact) mass is 352 g/mol. The van der Waals surface area contributed by atoms with Gasteiger partial charge in [0.05, 0.1) is 12.3 Å². The fourth-order valence-corrected chi connectivity index (χ4v) is 4.18. The van der Waals surface area contributed by atoms with Gasteiger partial charge in [-0.15, -0.1) is 0 Å². The Morgan fingerprint density at radius 1 is 1.12 bits per heavy atom. The lowest BCUT2D eigenvalue weighted by Crippen LogP contribution is -2.43. The third-order valence-electron chi connectivity index (χ3n) is 5.00. The van der Waals surface area contributed by atoms with Gasteiger partial charge in [-0.1, -0.05) is 12.1 Å². The Bertz CT molecular complexity index is 720. The maximum absolute atomic E-state index is 12.5. The highest BCUT2D eigenvalue weighted by molar-refractivity contribution is 7.88. The Labute approximate surface area is 145 Å². The second kappa shape index (κ2) is 7.23. The summed E-state index contributed by atoms with van der Waals surface area (Å²) in [6, 6.07) is 4.24. The van der Waals surface area contributed by atoms with Crippen molar-refractivity contribution in [3.63, 3.8) is 0 Å². The Hall–Kier alpha value is -1.40. The summed E-state index contributed by atoms with van der Waals surface area (Å²) in [6.07, 6.45) is 2.38. The summed E-state index contributed by atoms with van der Waals surface area (Å²) in [5, 5.41) is 3.10. The fraction of sp³-hybridized carbons (Fsp3) is 0.611. The molecule has 0 unspecified atom stereocenters. The van der Waals surface area contributed by atoms with Gasteiger partial charge >= 0.3 is 0 Å². The van der Waals surface area contributed by atoms with Crippen LogP contribution < -0.4 is 5.32 Å². The molecule has 0 saturated carbocycles. The minimum Gasteiger partial charge on any atom is -0.349 e. The van der Waals surface area contributed by atoms with Crippen LogP contribution in [-0.4, -0.2) is 38.0 Å². The number of benzene rings is 1. The first kappa shape index (κ1) is 18.9. The van der Waals surface area contributed by atoms with E-state index in [0.717, 1.165) is 5.56 Å². The Morgan fingerprint density at radius 3 is 2.21 bits per heavy atom. The Morgan fingerprint density at radius 2 is 1.67 bits per heavy atom. The molecule has 0 aromatic heterocycles. The number of nitrogens with zero attached hydrogens (tertiary/aromatic N) is 1. The van der Waals surface area contributed by atoms with E-state index in [2.05, 4.69) is 38.2 Å². The molecule has 1 heterocycles. The minimum absolute atomic E-state index is 0.0216. The summed E-state index contributed by atoms with van der Waals surface area (Å²) < 4.78 is 24.5. The summed E-state index contributed by atoms with van der Waals surface area (Å²) in [4.78, 5) is 12.5. The van der Waals surface area contributed by atoms with Crippen molar-refractivity contribution < 1.29 is 13.2 Å². The molecule has 1 saturated heterocycles. The molecular weight excluding hydrogens is 324 g/mol. The summed E-state index contributed by atoms with van der Waals surface area (Å²) in [6.45, 7) is 9.08. The van der Waals surface area contributed by atoms with Crippen molar-refractivity contribution in [2.45, 2.75) is 46.6 Å². The van der Waals surface area contributed by atoms with Crippen molar-refractivity contribution in [1.82, 2.24) is 9.62 Å². The zero-order chi connectivity index (χ0) is 18.1. The van der Waals surface area contributed by atoms with E-state index in [1.54, 1.807) is 0 Å². The summed E-state index contributed by atoms with van der Waals surface area (Å²) in [5.74, 6) is -0.0921. The quantitative estimate of drug-likeness (QED) is 0.905. The molecule has 0 spiro atoms. The lowest BCUT2D eigenvalue weighted by Gasteiger charge is -2.30. The second-order valence-corrected chi connectivity index (χ2v) is 8.94. The number of carbonyl (C=O) groups is 1. The highest BCUT2D eigenvalue weighted by Gasteiger charge is 2.29. The summed E-state index contributed by atoms with van der Waals surface area (Å²) >= 11 is 0. The summed E-state index contributed by atoms with van der Waals surface area (Å²) in [5.41, 5.74) is 4.79.